The number of Topliss-reactive ketones (excluding diaryl/α,β-unsaturated/α-hetero) is 1. The van der Waals surface area contributed by atoms with Gasteiger partial charge in [-0.15, -0.1) is 0 Å². The van der Waals surface area contributed by atoms with Crippen LogP contribution in [0.5, 0.6) is 0 Å². The van der Waals surface area contributed by atoms with E-state index in [1.165, 1.54) is 41.6 Å². The van der Waals surface area contributed by atoms with Gasteiger partial charge in [0, 0.05) is 29.8 Å². The molecule has 1 aliphatic carbocycles. The summed E-state index contributed by atoms with van der Waals surface area (Å²) in [6, 6.07) is 22.6. The summed E-state index contributed by atoms with van der Waals surface area (Å²) in [5, 5.41) is 0. The molecule has 1 amide bonds. The molecule has 4 aromatic rings. The van der Waals surface area contributed by atoms with Crippen LogP contribution in [0.15, 0.2) is 94.6 Å². The molecular weight excluding hydrogens is 534 g/mol. The van der Waals surface area contributed by atoms with E-state index in [1.54, 1.807) is 18.2 Å². The van der Waals surface area contributed by atoms with Crippen LogP contribution in [-0.4, -0.2) is 51.0 Å². The normalized spacial score (nSPS) is 17.5. The lowest BCUT2D eigenvalue weighted by Gasteiger charge is -2.23. The second-order valence-electron chi connectivity index (χ2n) is 10.8. The molecular formula is C33H29N3O6. The SMILES string of the molecule is CC(=O)C1CC(n2cc(C)c(=O)n(C(=O)c3ccccc3)c2=O)CN1C(=O)OCC1c2ccccc2-c2ccccc21. The third kappa shape index (κ3) is 4.56. The molecule has 0 N–H and O–H groups in total. The highest BCUT2D eigenvalue weighted by molar-refractivity contribution is 5.95. The summed E-state index contributed by atoms with van der Waals surface area (Å²) >= 11 is 0. The number of benzene rings is 3. The number of hydrogen-bond donors (Lipinski definition) is 0. The van der Waals surface area contributed by atoms with Crippen LogP contribution < -0.4 is 11.2 Å². The predicted molar refractivity (Wildman–Crippen MR) is 156 cm³/mol. The number of likely N-dealkylation sites (tertiary alicyclic amines) is 1. The quantitative estimate of drug-likeness (QED) is 0.361. The summed E-state index contributed by atoms with van der Waals surface area (Å²) in [5.74, 6) is -1.13. The summed E-state index contributed by atoms with van der Waals surface area (Å²) in [7, 11) is 0. The number of aromatic nitrogens is 2. The number of aryl methyl sites for hydroxylation is 1. The van der Waals surface area contributed by atoms with Crippen LogP contribution in [0.2, 0.25) is 0 Å². The van der Waals surface area contributed by atoms with Crippen molar-refractivity contribution in [1.82, 2.24) is 14.0 Å². The average molecular weight is 564 g/mol. The molecule has 1 aliphatic heterocycles. The number of nitrogens with zero attached hydrogens (tertiary/aromatic N) is 3. The van der Waals surface area contributed by atoms with Crippen LogP contribution >= 0.6 is 0 Å². The first-order valence-electron chi connectivity index (χ1n) is 13.8. The molecule has 0 bridgehead atoms. The van der Waals surface area contributed by atoms with Crippen molar-refractivity contribution in [3.05, 3.63) is 128 Å². The Morgan fingerprint density at radius 1 is 0.857 bits per heavy atom. The van der Waals surface area contributed by atoms with Gasteiger partial charge in [-0.2, -0.15) is 4.57 Å². The van der Waals surface area contributed by atoms with Gasteiger partial charge in [0.2, 0.25) is 0 Å². The van der Waals surface area contributed by atoms with E-state index in [9.17, 15) is 24.0 Å². The highest BCUT2D eigenvalue weighted by atomic mass is 16.6. The molecule has 2 aliphatic rings. The molecule has 2 heterocycles. The Morgan fingerprint density at radius 2 is 1.45 bits per heavy atom. The Kier molecular flexibility index (Phi) is 6.94. The summed E-state index contributed by atoms with van der Waals surface area (Å²) in [4.78, 5) is 67.0. The summed E-state index contributed by atoms with van der Waals surface area (Å²) in [6.45, 7) is 3.02. The minimum atomic E-state index is -0.818. The zero-order valence-electron chi connectivity index (χ0n) is 23.2. The fraction of sp³-hybridized carbons (Fsp3) is 0.242. The lowest BCUT2D eigenvalue weighted by Crippen LogP contribution is -2.46. The van der Waals surface area contributed by atoms with E-state index in [1.807, 2.05) is 36.4 Å². The maximum atomic E-state index is 13.5. The van der Waals surface area contributed by atoms with Crippen molar-refractivity contribution in [2.24, 2.45) is 0 Å². The first-order chi connectivity index (χ1) is 20.3. The molecule has 0 spiro atoms. The van der Waals surface area contributed by atoms with Crippen LogP contribution in [0.3, 0.4) is 0 Å². The van der Waals surface area contributed by atoms with E-state index in [4.69, 9.17) is 4.74 Å². The zero-order valence-corrected chi connectivity index (χ0v) is 23.2. The third-order valence-electron chi connectivity index (χ3n) is 8.22. The monoisotopic (exact) mass is 563 g/mol. The number of carbonyl (C=O) groups is 3. The second kappa shape index (κ2) is 10.7. The lowest BCUT2D eigenvalue weighted by atomic mass is 9.98. The molecule has 0 radical (unpaired) electrons. The summed E-state index contributed by atoms with van der Waals surface area (Å²) in [6.07, 6.45) is 0.886. The zero-order chi connectivity index (χ0) is 29.5. The van der Waals surface area contributed by atoms with Gasteiger partial charge in [-0.25, -0.2) is 9.59 Å². The van der Waals surface area contributed by atoms with E-state index in [-0.39, 0.29) is 42.4 Å². The van der Waals surface area contributed by atoms with Gasteiger partial charge in [-0.3, -0.25) is 23.9 Å². The van der Waals surface area contributed by atoms with E-state index in [0.29, 0.717) is 4.57 Å². The first kappa shape index (κ1) is 27.1. The molecule has 3 aromatic carbocycles. The standard InChI is InChI=1S/C33H29N3O6/c1-20-17-34(32(40)36(30(20)38)31(39)22-10-4-3-5-11-22)23-16-29(21(2)37)35(18-23)33(41)42-19-28-26-14-8-6-12-24(26)25-13-7-9-15-27(25)28/h3-15,17,23,28-29H,16,18-19H2,1-2H3. The van der Waals surface area contributed by atoms with Crippen LogP contribution in [0.25, 0.3) is 11.1 Å². The van der Waals surface area contributed by atoms with Crippen LogP contribution in [-0.2, 0) is 9.53 Å². The molecule has 212 valence electrons. The molecule has 0 saturated carbocycles. The summed E-state index contributed by atoms with van der Waals surface area (Å²) in [5.41, 5.74) is 3.21. The second-order valence-corrected chi connectivity index (χ2v) is 10.8. The van der Waals surface area contributed by atoms with Gasteiger partial charge in [0.15, 0.2) is 5.78 Å². The van der Waals surface area contributed by atoms with Gasteiger partial charge in [-0.1, -0.05) is 66.7 Å². The van der Waals surface area contributed by atoms with Crippen molar-refractivity contribution < 1.29 is 19.1 Å². The number of ketones is 1. The van der Waals surface area contributed by atoms with Crippen molar-refractivity contribution in [2.45, 2.75) is 38.3 Å². The Bertz CT molecular complexity index is 1800. The number of fused-ring (bicyclic) bond motifs is 3. The Labute approximate surface area is 241 Å². The van der Waals surface area contributed by atoms with Crippen LogP contribution in [0, 0.1) is 6.92 Å². The minimum absolute atomic E-state index is 0.0119. The molecule has 1 fully saturated rings. The molecule has 42 heavy (non-hydrogen) atoms. The molecule has 2 atom stereocenters. The van der Waals surface area contributed by atoms with Crippen molar-refractivity contribution in [3.8, 4) is 11.1 Å². The predicted octanol–water partition coefficient (Wildman–Crippen LogP) is 4.16. The Balaban J connectivity index is 1.26. The molecule has 6 rings (SSSR count). The Morgan fingerprint density at radius 3 is 2.07 bits per heavy atom. The first-order valence-corrected chi connectivity index (χ1v) is 13.8. The topological polar surface area (TPSA) is 108 Å². The molecule has 1 aromatic heterocycles. The molecule has 9 nitrogen and oxygen atoms in total. The van der Waals surface area contributed by atoms with Gasteiger partial charge in [-0.05, 0) is 54.7 Å². The van der Waals surface area contributed by atoms with Crippen molar-refractivity contribution in [2.75, 3.05) is 13.2 Å². The Hall–Kier alpha value is -5.05. The third-order valence-corrected chi connectivity index (χ3v) is 8.22. The minimum Gasteiger partial charge on any atom is -0.448 e. The lowest BCUT2D eigenvalue weighted by molar-refractivity contribution is -0.120. The average Bonchev–Trinajstić information content (AvgIpc) is 3.59. The van der Waals surface area contributed by atoms with Crippen molar-refractivity contribution >= 4 is 17.8 Å². The van der Waals surface area contributed by atoms with E-state index in [0.717, 1.165) is 22.3 Å². The number of carbonyl (C=O) groups excluding carboxylic acids is 3. The summed E-state index contributed by atoms with van der Waals surface area (Å²) < 4.78 is 7.72. The van der Waals surface area contributed by atoms with Gasteiger partial charge in [0.05, 0.1) is 12.1 Å². The van der Waals surface area contributed by atoms with Gasteiger partial charge < -0.3 is 4.74 Å². The van der Waals surface area contributed by atoms with E-state index < -0.39 is 35.3 Å². The number of amides is 1. The molecule has 1 saturated heterocycles. The maximum absolute atomic E-state index is 13.5. The number of hydrogen-bond acceptors (Lipinski definition) is 6. The highest BCUT2D eigenvalue weighted by Crippen LogP contribution is 2.44. The fourth-order valence-corrected chi connectivity index (χ4v) is 6.13. The maximum Gasteiger partial charge on any atom is 0.410 e. The fourth-order valence-electron chi connectivity index (χ4n) is 6.13. The van der Waals surface area contributed by atoms with Crippen LogP contribution in [0.1, 0.15) is 52.4 Å². The van der Waals surface area contributed by atoms with Gasteiger partial charge >= 0.3 is 11.8 Å². The van der Waals surface area contributed by atoms with Gasteiger partial charge in [0.25, 0.3) is 11.5 Å². The van der Waals surface area contributed by atoms with Crippen LogP contribution in [0.4, 0.5) is 4.79 Å². The van der Waals surface area contributed by atoms with Crippen molar-refractivity contribution in [1.29, 1.82) is 0 Å². The van der Waals surface area contributed by atoms with E-state index in [2.05, 4.69) is 12.1 Å². The van der Waals surface area contributed by atoms with Gasteiger partial charge in [0.1, 0.15) is 6.61 Å². The highest BCUT2D eigenvalue weighted by Gasteiger charge is 2.41. The van der Waals surface area contributed by atoms with Crippen molar-refractivity contribution in [3.63, 3.8) is 0 Å². The largest absolute Gasteiger partial charge is 0.448 e. The number of rotatable bonds is 5. The molecule has 2 unspecified atom stereocenters. The number of ether oxygens (including phenoxy) is 1. The van der Waals surface area contributed by atoms with E-state index >= 15 is 0 Å². The molecule has 9 heteroatoms. The smallest absolute Gasteiger partial charge is 0.410 e.